The van der Waals surface area contributed by atoms with Crippen molar-refractivity contribution in [2.75, 3.05) is 43.4 Å². The highest BCUT2D eigenvalue weighted by molar-refractivity contribution is 6.06. The molecule has 1 fully saturated rings. The monoisotopic (exact) mass is 407 g/mol. The predicted octanol–water partition coefficient (Wildman–Crippen LogP) is 2.96. The summed E-state index contributed by atoms with van der Waals surface area (Å²) < 4.78 is 10.6. The molecule has 2 aromatic carbocycles. The highest BCUT2D eigenvalue weighted by atomic mass is 16.5. The topological polar surface area (TPSA) is 83.7 Å². The highest BCUT2D eigenvalue weighted by Gasteiger charge is 2.18. The molecule has 0 bridgehead atoms. The van der Waals surface area contributed by atoms with Crippen molar-refractivity contribution in [2.24, 2.45) is 0 Å². The molecule has 30 heavy (non-hydrogen) atoms. The van der Waals surface area contributed by atoms with E-state index < -0.39 is 0 Å². The first-order chi connectivity index (χ1) is 14.6. The number of nitrogens with zero attached hydrogens (tertiary/aromatic N) is 4. The Morgan fingerprint density at radius 2 is 1.83 bits per heavy atom. The largest absolute Gasteiger partial charge is 0.485 e. The Kier molecular flexibility index (Phi) is 5.94. The highest BCUT2D eigenvalue weighted by Crippen LogP contribution is 2.27. The first-order valence-corrected chi connectivity index (χ1v) is 9.94. The lowest BCUT2D eigenvalue weighted by atomic mass is 10.1. The predicted molar refractivity (Wildman–Crippen MR) is 114 cm³/mol. The Morgan fingerprint density at radius 1 is 1.10 bits per heavy atom. The minimum absolute atomic E-state index is 0.156. The quantitative estimate of drug-likeness (QED) is 0.672. The molecule has 1 N–H and O–H groups in total. The van der Waals surface area contributed by atoms with Crippen molar-refractivity contribution in [3.05, 3.63) is 65.8 Å². The van der Waals surface area contributed by atoms with Gasteiger partial charge in [0.2, 0.25) is 11.7 Å². The van der Waals surface area contributed by atoms with Gasteiger partial charge in [0.15, 0.2) is 6.61 Å². The van der Waals surface area contributed by atoms with E-state index in [0.29, 0.717) is 23.0 Å². The number of benzene rings is 2. The molecular weight excluding hydrogens is 382 g/mol. The third-order valence-corrected chi connectivity index (χ3v) is 5.05. The van der Waals surface area contributed by atoms with E-state index >= 15 is 0 Å². The van der Waals surface area contributed by atoms with E-state index in [1.54, 1.807) is 31.2 Å². The Hall–Kier alpha value is -3.39. The fraction of sp³-hybridized carbons (Fsp3) is 0.318. The number of likely N-dealkylation sites (N-methyl/N-ethyl adjacent to an activating group) is 1. The van der Waals surface area contributed by atoms with Crippen LogP contribution in [0.1, 0.15) is 22.1 Å². The van der Waals surface area contributed by atoms with Crippen LogP contribution in [0.25, 0.3) is 0 Å². The van der Waals surface area contributed by atoms with Crippen molar-refractivity contribution < 1.29 is 14.1 Å². The molecule has 1 saturated heterocycles. The summed E-state index contributed by atoms with van der Waals surface area (Å²) in [6.45, 7) is 5.83. The summed E-state index contributed by atoms with van der Waals surface area (Å²) in [5.74, 6) is 1.45. The van der Waals surface area contributed by atoms with Crippen molar-refractivity contribution in [1.29, 1.82) is 0 Å². The second-order valence-electron chi connectivity index (χ2n) is 7.30. The maximum atomic E-state index is 12.8. The molecule has 1 aliphatic heterocycles. The molecule has 0 aliphatic carbocycles. The molecular formula is C22H25N5O3. The van der Waals surface area contributed by atoms with Gasteiger partial charge in [0, 0.05) is 38.7 Å². The van der Waals surface area contributed by atoms with Gasteiger partial charge in [0.05, 0.1) is 11.4 Å². The Bertz CT molecular complexity index is 994. The number of hydrogen-bond donors (Lipinski definition) is 1. The van der Waals surface area contributed by atoms with Crippen LogP contribution in [0, 0.1) is 6.92 Å². The van der Waals surface area contributed by atoms with Gasteiger partial charge in [-0.25, -0.2) is 0 Å². The number of amides is 1. The van der Waals surface area contributed by atoms with E-state index in [-0.39, 0.29) is 12.5 Å². The molecule has 1 aromatic heterocycles. The number of hydrogen-bond acceptors (Lipinski definition) is 7. The van der Waals surface area contributed by atoms with Crippen molar-refractivity contribution >= 4 is 17.3 Å². The Morgan fingerprint density at radius 3 is 2.53 bits per heavy atom. The maximum Gasteiger partial charge on any atom is 0.255 e. The maximum absolute atomic E-state index is 12.8. The molecule has 0 atom stereocenters. The molecule has 156 valence electrons. The van der Waals surface area contributed by atoms with Crippen LogP contribution < -0.4 is 15.0 Å². The third kappa shape index (κ3) is 4.77. The summed E-state index contributed by atoms with van der Waals surface area (Å²) in [7, 11) is 2.13. The normalized spacial score (nSPS) is 14.5. The van der Waals surface area contributed by atoms with E-state index in [9.17, 15) is 4.79 Å². The minimum Gasteiger partial charge on any atom is -0.485 e. The lowest BCUT2D eigenvalue weighted by molar-refractivity contribution is 0.102. The zero-order valence-corrected chi connectivity index (χ0v) is 17.2. The summed E-state index contributed by atoms with van der Waals surface area (Å²) in [6.07, 6.45) is 0. The van der Waals surface area contributed by atoms with Crippen LogP contribution in [0.5, 0.6) is 5.75 Å². The van der Waals surface area contributed by atoms with Crippen LogP contribution in [0.4, 0.5) is 11.4 Å². The van der Waals surface area contributed by atoms with Gasteiger partial charge in [0.25, 0.3) is 5.91 Å². The van der Waals surface area contributed by atoms with Crippen LogP contribution in [-0.2, 0) is 6.61 Å². The van der Waals surface area contributed by atoms with E-state index in [4.69, 9.17) is 9.26 Å². The molecule has 8 heteroatoms. The van der Waals surface area contributed by atoms with Crippen molar-refractivity contribution in [3.63, 3.8) is 0 Å². The molecule has 2 heterocycles. The summed E-state index contributed by atoms with van der Waals surface area (Å²) in [4.78, 5) is 21.5. The lowest BCUT2D eigenvalue weighted by Gasteiger charge is -2.35. The number of ether oxygens (including phenoxy) is 1. The minimum atomic E-state index is -0.156. The zero-order valence-electron chi connectivity index (χ0n) is 17.2. The average Bonchev–Trinajstić information content (AvgIpc) is 3.19. The molecule has 0 radical (unpaired) electrons. The van der Waals surface area contributed by atoms with E-state index in [1.807, 2.05) is 18.2 Å². The van der Waals surface area contributed by atoms with Gasteiger partial charge in [-0.1, -0.05) is 17.3 Å². The Balaban J connectivity index is 1.39. The van der Waals surface area contributed by atoms with Crippen LogP contribution in [0.2, 0.25) is 0 Å². The smallest absolute Gasteiger partial charge is 0.255 e. The molecule has 1 aliphatic rings. The molecule has 4 rings (SSSR count). The molecule has 8 nitrogen and oxygen atoms in total. The van der Waals surface area contributed by atoms with Crippen LogP contribution >= 0.6 is 0 Å². The fourth-order valence-corrected chi connectivity index (χ4v) is 3.35. The molecule has 0 spiro atoms. The second-order valence-corrected chi connectivity index (χ2v) is 7.30. The van der Waals surface area contributed by atoms with Crippen molar-refractivity contribution in [1.82, 2.24) is 15.0 Å². The number of carbonyl (C=O) groups is 1. The average molecular weight is 407 g/mol. The number of para-hydroxylation sites is 2. The molecule has 3 aromatic rings. The second kappa shape index (κ2) is 8.96. The number of rotatable bonds is 6. The number of aromatic nitrogens is 2. The van der Waals surface area contributed by atoms with Gasteiger partial charge >= 0.3 is 0 Å². The van der Waals surface area contributed by atoms with Gasteiger partial charge in [-0.2, -0.15) is 4.98 Å². The van der Waals surface area contributed by atoms with Gasteiger partial charge in [-0.15, -0.1) is 0 Å². The SMILES string of the molecule is Cc1nc(COc2ccc(C(=O)Nc3ccccc3N3CCN(C)CC3)cc2)no1. The van der Waals surface area contributed by atoms with E-state index in [2.05, 4.69) is 38.4 Å². The van der Waals surface area contributed by atoms with Crippen molar-refractivity contribution in [2.45, 2.75) is 13.5 Å². The fourth-order valence-electron chi connectivity index (χ4n) is 3.35. The Labute approximate surface area is 175 Å². The lowest BCUT2D eigenvalue weighted by Crippen LogP contribution is -2.44. The summed E-state index contributed by atoms with van der Waals surface area (Å²) >= 11 is 0. The van der Waals surface area contributed by atoms with Gasteiger partial charge in [-0.3, -0.25) is 4.79 Å². The summed E-state index contributed by atoms with van der Waals surface area (Å²) in [6, 6.07) is 14.9. The van der Waals surface area contributed by atoms with E-state index in [1.165, 1.54) is 0 Å². The van der Waals surface area contributed by atoms with E-state index in [0.717, 1.165) is 37.6 Å². The number of nitrogens with one attached hydrogen (secondary N) is 1. The molecule has 0 unspecified atom stereocenters. The van der Waals surface area contributed by atoms with Gasteiger partial charge in [0.1, 0.15) is 5.75 Å². The third-order valence-electron chi connectivity index (χ3n) is 5.05. The standard InChI is InChI=1S/C22H25N5O3/c1-16-23-21(25-30-16)15-29-18-9-7-17(8-10-18)22(28)24-19-5-3-4-6-20(19)27-13-11-26(2)12-14-27/h3-10H,11-15H2,1-2H3,(H,24,28). The zero-order chi connectivity index (χ0) is 20.9. The van der Waals surface area contributed by atoms with Crippen LogP contribution in [0.15, 0.2) is 53.1 Å². The number of carbonyl (C=O) groups excluding carboxylic acids is 1. The number of piperazine rings is 1. The van der Waals surface area contributed by atoms with Gasteiger partial charge < -0.3 is 24.4 Å². The summed E-state index contributed by atoms with van der Waals surface area (Å²) in [5.41, 5.74) is 2.43. The van der Waals surface area contributed by atoms with Gasteiger partial charge in [-0.05, 0) is 43.4 Å². The molecule has 0 saturated carbocycles. The number of aryl methyl sites for hydroxylation is 1. The first kappa shape index (κ1) is 19.9. The van der Waals surface area contributed by atoms with Crippen LogP contribution in [0.3, 0.4) is 0 Å². The number of anilines is 2. The van der Waals surface area contributed by atoms with Crippen LogP contribution in [-0.4, -0.2) is 54.2 Å². The first-order valence-electron chi connectivity index (χ1n) is 9.94. The summed E-state index contributed by atoms with van der Waals surface area (Å²) in [5, 5.41) is 6.84. The van der Waals surface area contributed by atoms with Crippen molar-refractivity contribution in [3.8, 4) is 5.75 Å². The molecule has 1 amide bonds.